The number of nitrogens with zero attached hydrogens (tertiary/aromatic N) is 1. The number of methoxy groups -OCH3 is 1. The highest BCUT2D eigenvalue weighted by Gasteiger charge is 2.40. The van der Waals surface area contributed by atoms with Crippen LogP contribution in [0.15, 0.2) is 53.4 Å². The third-order valence-electron chi connectivity index (χ3n) is 8.88. The zero-order valence-corrected chi connectivity index (χ0v) is 23.3. The van der Waals surface area contributed by atoms with Gasteiger partial charge in [0, 0.05) is 19.1 Å². The first-order chi connectivity index (χ1) is 17.6. The molecule has 0 radical (unpaired) electrons. The highest BCUT2D eigenvalue weighted by Crippen LogP contribution is 2.49. The molecule has 1 unspecified atom stereocenters. The number of hydrogen-bond acceptors (Lipinski definition) is 4. The lowest BCUT2D eigenvalue weighted by molar-refractivity contribution is 0.160. The van der Waals surface area contributed by atoms with Gasteiger partial charge in [0.25, 0.3) is 0 Å². The molecule has 0 N–H and O–H groups in total. The molecule has 3 aliphatic rings. The molecule has 6 rings (SSSR count). The van der Waals surface area contributed by atoms with Crippen LogP contribution in [-0.2, 0) is 30.2 Å². The summed E-state index contributed by atoms with van der Waals surface area (Å²) in [5.74, 6) is 1.14. The van der Waals surface area contributed by atoms with E-state index in [2.05, 4.69) is 56.9 Å². The average molecular weight is 518 g/mol. The number of ether oxygens (including phenoxy) is 1. The van der Waals surface area contributed by atoms with E-state index in [4.69, 9.17) is 8.92 Å². The molecule has 3 aromatic rings. The molecule has 2 heterocycles. The molecule has 0 bridgehead atoms. The molecule has 0 saturated heterocycles. The first-order valence-electron chi connectivity index (χ1n) is 13.4. The second-order valence-corrected chi connectivity index (χ2v) is 13.0. The van der Waals surface area contributed by atoms with E-state index in [1.807, 2.05) is 6.07 Å². The molecule has 194 valence electrons. The van der Waals surface area contributed by atoms with Crippen LogP contribution in [0.1, 0.15) is 80.0 Å². The fourth-order valence-electron chi connectivity index (χ4n) is 6.49. The number of benzene rings is 3. The Kier molecular flexibility index (Phi) is 6.08. The van der Waals surface area contributed by atoms with Gasteiger partial charge in [-0.1, -0.05) is 45.9 Å². The monoisotopic (exact) mass is 517 g/mol. The Labute approximate surface area is 224 Å². The van der Waals surface area contributed by atoms with Gasteiger partial charge in [0.2, 0.25) is 0 Å². The molecule has 2 aliphatic heterocycles. The molecular formula is C32H36FNO2S. The van der Waals surface area contributed by atoms with E-state index < -0.39 is 0 Å². The summed E-state index contributed by atoms with van der Waals surface area (Å²) in [5, 5.41) is 0. The summed E-state index contributed by atoms with van der Waals surface area (Å²) in [5.41, 5.74) is 9.19. The molecule has 0 amide bonds. The molecular weight excluding hydrogens is 481 g/mol. The van der Waals surface area contributed by atoms with Crippen molar-refractivity contribution in [3.05, 3.63) is 87.7 Å². The Hall–Kier alpha value is -2.50. The van der Waals surface area contributed by atoms with Crippen LogP contribution in [0.25, 0.3) is 0 Å². The van der Waals surface area contributed by atoms with Gasteiger partial charge in [0.1, 0.15) is 5.82 Å². The molecule has 0 spiro atoms. The summed E-state index contributed by atoms with van der Waals surface area (Å²) < 4.78 is 25.4. The van der Waals surface area contributed by atoms with Gasteiger partial charge in [-0.15, -0.1) is 0 Å². The Morgan fingerprint density at radius 2 is 1.62 bits per heavy atom. The summed E-state index contributed by atoms with van der Waals surface area (Å²) in [7, 11) is 1.68. The van der Waals surface area contributed by atoms with Gasteiger partial charge in [0.05, 0.1) is 24.0 Å². The van der Waals surface area contributed by atoms with Crippen molar-refractivity contribution >= 4 is 12.0 Å². The predicted octanol–water partition coefficient (Wildman–Crippen LogP) is 7.92. The molecule has 1 atom stereocenters. The lowest BCUT2D eigenvalue weighted by Crippen LogP contribution is -2.41. The van der Waals surface area contributed by atoms with Crippen LogP contribution in [0, 0.1) is 5.82 Å². The van der Waals surface area contributed by atoms with Gasteiger partial charge in [-0.3, -0.25) is 4.90 Å². The van der Waals surface area contributed by atoms with Crippen molar-refractivity contribution < 1.29 is 13.3 Å². The van der Waals surface area contributed by atoms with E-state index in [1.54, 1.807) is 24.3 Å². The minimum absolute atomic E-state index is 0.206. The van der Waals surface area contributed by atoms with E-state index in [9.17, 15) is 4.39 Å². The highest BCUT2D eigenvalue weighted by molar-refractivity contribution is 7.95. The maximum atomic E-state index is 13.6. The van der Waals surface area contributed by atoms with Crippen LogP contribution >= 0.6 is 12.0 Å². The van der Waals surface area contributed by atoms with Crippen molar-refractivity contribution in [2.75, 3.05) is 13.7 Å². The minimum atomic E-state index is -0.268. The van der Waals surface area contributed by atoms with Crippen LogP contribution < -0.4 is 8.92 Å². The smallest absolute Gasteiger partial charge is 0.179 e. The van der Waals surface area contributed by atoms with Gasteiger partial charge in [-0.2, -0.15) is 0 Å². The van der Waals surface area contributed by atoms with Crippen molar-refractivity contribution in [3.63, 3.8) is 0 Å². The van der Waals surface area contributed by atoms with E-state index in [0.29, 0.717) is 11.8 Å². The quantitative estimate of drug-likeness (QED) is 0.328. The first-order valence-corrected chi connectivity index (χ1v) is 14.1. The lowest BCUT2D eigenvalue weighted by Gasteiger charge is -2.46. The van der Waals surface area contributed by atoms with Gasteiger partial charge in [-0.05, 0) is 100 Å². The number of rotatable bonds is 4. The molecule has 0 saturated carbocycles. The lowest BCUT2D eigenvalue weighted by atomic mass is 9.62. The van der Waals surface area contributed by atoms with E-state index in [-0.39, 0.29) is 16.6 Å². The molecule has 37 heavy (non-hydrogen) atoms. The van der Waals surface area contributed by atoms with E-state index >= 15 is 0 Å². The molecule has 3 aromatic carbocycles. The minimum Gasteiger partial charge on any atom is -0.493 e. The Morgan fingerprint density at radius 1 is 0.892 bits per heavy atom. The van der Waals surface area contributed by atoms with Crippen LogP contribution in [0.5, 0.6) is 11.5 Å². The van der Waals surface area contributed by atoms with Crippen LogP contribution in [-0.4, -0.2) is 18.6 Å². The second-order valence-electron chi connectivity index (χ2n) is 12.2. The van der Waals surface area contributed by atoms with Crippen molar-refractivity contribution in [2.45, 2.75) is 81.7 Å². The summed E-state index contributed by atoms with van der Waals surface area (Å²) in [6, 6.07) is 16.2. The highest BCUT2D eigenvalue weighted by atomic mass is 32.2. The Morgan fingerprint density at radius 3 is 2.35 bits per heavy atom. The first kappa shape index (κ1) is 24.8. The number of halogens is 1. The molecule has 0 fully saturated rings. The van der Waals surface area contributed by atoms with E-state index in [1.165, 1.54) is 47.2 Å². The summed E-state index contributed by atoms with van der Waals surface area (Å²) in [6.45, 7) is 11.6. The van der Waals surface area contributed by atoms with Gasteiger partial charge in [0.15, 0.2) is 11.5 Å². The Bertz CT molecular complexity index is 1370. The molecule has 3 nitrogen and oxygen atoms in total. The number of hydrogen-bond donors (Lipinski definition) is 0. The summed E-state index contributed by atoms with van der Waals surface area (Å²) in [4.78, 5) is 3.36. The predicted molar refractivity (Wildman–Crippen MR) is 148 cm³/mol. The maximum Gasteiger partial charge on any atom is 0.179 e. The fraction of sp³-hybridized carbons (Fsp3) is 0.438. The zero-order chi connectivity index (χ0) is 25.9. The average Bonchev–Trinajstić information content (AvgIpc) is 2.88. The van der Waals surface area contributed by atoms with Gasteiger partial charge >= 0.3 is 0 Å². The maximum absolute atomic E-state index is 13.6. The molecule has 5 heteroatoms. The Balaban J connectivity index is 1.34. The zero-order valence-electron chi connectivity index (χ0n) is 22.5. The van der Waals surface area contributed by atoms with Gasteiger partial charge < -0.3 is 8.92 Å². The van der Waals surface area contributed by atoms with Crippen molar-refractivity contribution in [1.29, 1.82) is 0 Å². The van der Waals surface area contributed by atoms with Crippen LogP contribution in [0.4, 0.5) is 4.39 Å². The van der Waals surface area contributed by atoms with Crippen LogP contribution in [0.3, 0.4) is 0 Å². The van der Waals surface area contributed by atoms with Crippen LogP contribution in [0.2, 0.25) is 0 Å². The van der Waals surface area contributed by atoms with Gasteiger partial charge in [-0.25, -0.2) is 4.39 Å². The second kappa shape index (κ2) is 9.06. The summed E-state index contributed by atoms with van der Waals surface area (Å²) in [6.07, 6.45) is 4.53. The molecule has 1 aliphatic carbocycles. The van der Waals surface area contributed by atoms with Crippen molar-refractivity contribution in [1.82, 2.24) is 4.90 Å². The fourth-order valence-corrected chi connectivity index (χ4v) is 7.10. The number of fused-ring (bicyclic) bond motifs is 5. The third-order valence-corrected chi connectivity index (χ3v) is 9.59. The normalized spacial score (nSPS) is 21.3. The SMILES string of the molecule is COc1cc2c(cc1OSc1cccc(F)c1)CC1c3cc4c(cc3CCN1C2)C(C)(C)CCC4(C)C. The van der Waals surface area contributed by atoms with Crippen molar-refractivity contribution in [2.24, 2.45) is 0 Å². The largest absolute Gasteiger partial charge is 0.493 e. The van der Waals surface area contributed by atoms with E-state index in [0.717, 1.165) is 48.6 Å². The topological polar surface area (TPSA) is 21.7 Å². The van der Waals surface area contributed by atoms with Crippen molar-refractivity contribution in [3.8, 4) is 11.5 Å². The summed E-state index contributed by atoms with van der Waals surface area (Å²) >= 11 is 1.16. The third kappa shape index (κ3) is 4.44. The standard InChI is InChI=1S/C32H36FNO2S/c1-31(2)10-11-32(3,4)27-18-25-20(13-26(27)31)9-12-34-19-22-16-29(35-5)30(15-21(22)14-28(25)34)36-37-24-8-6-7-23(33)17-24/h6-8,13,15-18,28H,9-12,14,19H2,1-5H3. The molecule has 0 aromatic heterocycles.